The molecule has 3 aromatic rings. The highest BCUT2D eigenvalue weighted by Gasteiger charge is 2.31. The van der Waals surface area contributed by atoms with Crippen molar-refractivity contribution >= 4 is 15.7 Å². The van der Waals surface area contributed by atoms with Crippen LogP contribution in [0.15, 0.2) is 65.6 Å². The van der Waals surface area contributed by atoms with Crippen LogP contribution >= 0.6 is 0 Å². The predicted molar refractivity (Wildman–Crippen MR) is 108 cm³/mol. The van der Waals surface area contributed by atoms with E-state index in [9.17, 15) is 13.5 Å². The number of nitrogens with zero attached hydrogens (tertiary/aromatic N) is 1. The van der Waals surface area contributed by atoms with Gasteiger partial charge in [0.05, 0.1) is 17.7 Å². The first-order valence-electron chi connectivity index (χ1n) is 8.98. The highest BCUT2D eigenvalue weighted by molar-refractivity contribution is 7.92. The lowest BCUT2D eigenvalue weighted by atomic mass is 10.0. The van der Waals surface area contributed by atoms with Crippen molar-refractivity contribution in [3.8, 4) is 22.6 Å². The maximum Gasteiger partial charge on any atom is 0.264 e. The molecule has 0 atom stereocenters. The lowest BCUT2D eigenvalue weighted by Gasteiger charge is -2.20. The van der Waals surface area contributed by atoms with Gasteiger partial charge in [0, 0.05) is 6.54 Å². The molecule has 1 radical (unpaired) electrons. The summed E-state index contributed by atoms with van der Waals surface area (Å²) in [5.41, 5.74) is 4.20. The van der Waals surface area contributed by atoms with Crippen LogP contribution in [0.4, 0.5) is 5.69 Å². The Balaban J connectivity index is 1.68. The average Bonchev–Trinajstić information content (AvgIpc) is 3.14. The van der Waals surface area contributed by atoms with Gasteiger partial charge in [-0.3, -0.25) is 9.41 Å². The van der Waals surface area contributed by atoms with Gasteiger partial charge in [-0.1, -0.05) is 18.2 Å². The molecule has 6 heteroatoms. The van der Waals surface area contributed by atoms with Gasteiger partial charge in [0.25, 0.3) is 10.0 Å². The van der Waals surface area contributed by atoms with E-state index < -0.39 is 10.0 Å². The van der Waals surface area contributed by atoms with E-state index in [0.29, 0.717) is 24.2 Å². The molecule has 0 saturated heterocycles. The lowest BCUT2D eigenvalue weighted by Crippen LogP contribution is -2.29. The number of benzene rings is 3. The zero-order valence-corrected chi connectivity index (χ0v) is 16.5. The Morgan fingerprint density at radius 1 is 0.929 bits per heavy atom. The third-order valence-corrected chi connectivity index (χ3v) is 6.90. The van der Waals surface area contributed by atoms with Gasteiger partial charge >= 0.3 is 0 Å². The number of sulfonamides is 1. The fourth-order valence-electron chi connectivity index (χ4n) is 3.49. The number of hydrogen-bond donors (Lipinski definition) is 0. The highest BCUT2D eigenvalue weighted by atomic mass is 32.2. The molecular weight excluding hydrogens is 374 g/mol. The van der Waals surface area contributed by atoms with Crippen molar-refractivity contribution in [3.63, 3.8) is 0 Å². The Labute approximate surface area is 164 Å². The van der Waals surface area contributed by atoms with E-state index in [4.69, 9.17) is 4.74 Å². The van der Waals surface area contributed by atoms with Gasteiger partial charge in [0.15, 0.2) is 5.75 Å². The maximum absolute atomic E-state index is 13.1. The van der Waals surface area contributed by atoms with Crippen LogP contribution in [-0.2, 0) is 21.6 Å². The summed E-state index contributed by atoms with van der Waals surface area (Å²) in [4.78, 5) is 0.150. The molecule has 0 spiro atoms. The van der Waals surface area contributed by atoms with Crippen molar-refractivity contribution in [2.24, 2.45) is 0 Å². The van der Waals surface area contributed by atoms with E-state index in [1.54, 1.807) is 14.0 Å². The summed E-state index contributed by atoms with van der Waals surface area (Å²) >= 11 is 0. The molecule has 1 aliphatic heterocycles. The van der Waals surface area contributed by atoms with Crippen LogP contribution in [0.1, 0.15) is 11.1 Å². The first kappa shape index (κ1) is 18.4. The minimum atomic E-state index is -3.70. The van der Waals surface area contributed by atoms with Crippen LogP contribution in [0.5, 0.6) is 11.5 Å². The van der Waals surface area contributed by atoms with Crippen molar-refractivity contribution in [2.75, 3.05) is 18.0 Å². The lowest BCUT2D eigenvalue weighted by molar-refractivity contribution is 0.351. The number of ether oxygens (including phenoxy) is 1. The minimum absolute atomic E-state index is 0.150. The molecule has 0 aliphatic carbocycles. The second kappa shape index (κ2) is 6.87. The largest absolute Gasteiger partial charge is 0.497 e. The Kier molecular flexibility index (Phi) is 4.51. The summed E-state index contributed by atoms with van der Waals surface area (Å²) in [6.45, 7) is 2.02. The number of methoxy groups -OCH3 is 1. The van der Waals surface area contributed by atoms with Crippen LogP contribution in [0.3, 0.4) is 0 Å². The van der Waals surface area contributed by atoms with E-state index in [1.165, 1.54) is 22.5 Å². The smallest absolute Gasteiger partial charge is 0.264 e. The SMILES string of the molecule is COc1ccc(-c2ccc3c(c2)CCN3S(=O)(=O)c2ccc([O])c(C)c2)cc1. The molecule has 0 saturated carbocycles. The minimum Gasteiger partial charge on any atom is -0.497 e. The Morgan fingerprint density at radius 3 is 2.32 bits per heavy atom. The molecule has 0 unspecified atom stereocenters. The van der Waals surface area contributed by atoms with Crippen LogP contribution in [0.25, 0.3) is 11.1 Å². The Bertz CT molecular complexity index is 1140. The number of anilines is 1. The number of fused-ring (bicyclic) bond motifs is 1. The van der Waals surface area contributed by atoms with Crippen molar-refractivity contribution in [3.05, 3.63) is 71.8 Å². The third-order valence-electron chi connectivity index (χ3n) is 5.09. The molecule has 0 fully saturated rings. The first-order valence-corrected chi connectivity index (χ1v) is 10.4. The molecule has 1 heterocycles. The van der Waals surface area contributed by atoms with E-state index in [2.05, 4.69) is 0 Å². The van der Waals surface area contributed by atoms with Crippen molar-refractivity contribution in [1.82, 2.24) is 0 Å². The van der Waals surface area contributed by atoms with Crippen LogP contribution < -0.4 is 9.04 Å². The molecule has 0 N–H and O–H groups in total. The van der Waals surface area contributed by atoms with Gasteiger partial charge in [0.2, 0.25) is 0 Å². The van der Waals surface area contributed by atoms with E-state index in [-0.39, 0.29) is 10.6 Å². The highest BCUT2D eigenvalue weighted by Crippen LogP contribution is 2.36. The summed E-state index contributed by atoms with van der Waals surface area (Å²) in [6, 6.07) is 17.7. The van der Waals surface area contributed by atoms with E-state index in [0.717, 1.165) is 22.4 Å². The third kappa shape index (κ3) is 3.10. The Hall–Kier alpha value is -2.99. The normalized spacial score (nSPS) is 13.4. The molecular formula is C22H20NO4S. The van der Waals surface area contributed by atoms with Crippen LogP contribution in [0.2, 0.25) is 0 Å². The van der Waals surface area contributed by atoms with Gasteiger partial charge in [-0.2, -0.15) is 0 Å². The van der Waals surface area contributed by atoms with Gasteiger partial charge in [0.1, 0.15) is 5.75 Å². The van der Waals surface area contributed by atoms with Crippen molar-refractivity contribution < 1.29 is 18.3 Å². The zero-order valence-electron chi connectivity index (χ0n) is 15.7. The van der Waals surface area contributed by atoms with E-state index in [1.807, 2.05) is 42.5 Å². The summed E-state index contributed by atoms with van der Waals surface area (Å²) < 4.78 is 32.8. The fourth-order valence-corrected chi connectivity index (χ4v) is 5.08. The monoisotopic (exact) mass is 394 g/mol. The second-order valence-corrected chi connectivity index (χ2v) is 8.69. The first-order chi connectivity index (χ1) is 13.4. The van der Waals surface area contributed by atoms with Crippen molar-refractivity contribution in [2.45, 2.75) is 18.2 Å². The van der Waals surface area contributed by atoms with Gasteiger partial charge in [-0.05, 0) is 78.1 Å². The predicted octanol–water partition coefficient (Wildman–Crippen LogP) is 4.57. The zero-order chi connectivity index (χ0) is 19.9. The summed E-state index contributed by atoms with van der Waals surface area (Å²) in [7, 11) is -2.07. The number of rotatable bonds is 4. The topological polar surface area (TPSA) is 66.5 Å². The molecule has 0 aromatic heterocycles. The van der Waals surface area contributed by atoms with Crippen LogP contribution in [-0.4, -0.2) is 22.1 Å². The molecule has 3 aromatic carbocycles. The van der Waals surface area contributed by atoms with E-state index >= 15 is 0 Å². The van der Waals surface area contributed by atoms with Gasteiger partial charge < -0.3 is 4.74 Å². The standard InChI is InChI=1S/C22H20NO4S/c1-15-13-20(8-10-22(15)24)28(25,26)23-12-11-18-14-17(5-9-21(18)23)16-3-6-19(27-2)7-4-16/h3-10,13-14H,11-12H2,1-2H3. The summed E-state index contributed by atoms with van der Waals surface area (Å²) in [6.07, 6.45) is 0.650. The van der Waals surface area contributed by atoms with Gasteiger partial charge in [-0.25, -0.2) is 8.42 Å². The molecule has 0 bridgehead atoms. The fraction of sp³-hybridized carbons (Fsp3) is 0.182. The second-order valence-electron chi connectivity index (χ2n) is 6.83. The molecule has 4 rings (SSSR count). The maximum atomic E-state index is 13.1. The van der Waals surface area contributed by atoms with Crippen LogP contribution in [0, 0.1) is 6.92 Å². The average molecular weight is 394 g/mol. The summed E-state index contributed by atoms with van der Waals surface area (Å²) in [5.74, 6) is 0.631. The molecule has 143 valence electrons. The van der Waals surface area contributed by atoms with Crippen molar-refractivity contribution in [1.29, 1.82) is 0 Å². The molecule has 0 amide bonds. The summed E-state index contributed by atoms with van der Waals surface area (Å²) in [5, 5.41) is 11.6. The molecule has 28 heavy (non-hydrogen) atoms. The number of hydrogen-bond acceptors (Lipinski definition) is 3. The molecule has 5 nitrogen and oxygen atoms in total. The van der Waals surface area contributed by atoms with Gasteiger partial charge in [-0.15, -0.1) is 0 Å². The quantitative estimate of drug-likeness (QED) is 0.651. The molecule has 1 aliphatic rings. The number of aryl methyl sites for hydroxylation is 1. The Morgan fingerprint density at radius 2 is 1.64 bits per heavy atom.